The van der Waals surface area contributed by atoms with E-state index in [0.29, 0.717) is 10.6 Å². The van der Waals surface area contributed by atoms with Gasteiger partial charge in [0, 0.05) is 10.9 Å². The Morgan fingerprint density at radius 1 is 1.15 bits per heavy atom. The molecule has 1 aliphatic rings. The van der Waals surface area contributed by atoms with Gasteiger partial charge in [0.05, 0.1) is 11.7 Å². The number of hydrogen-bond donors (Lipinski definition) is 1. The first-order valence-electron chi connectivity index (χ1n) is 10.6. The van der Waals surface area contributed by atoms with E-state index < -0.39 is 23.5 Å². The van der Waals surface area contributed by atoms with Gasteiger partial charge in [-0.25, -0.2) is 13.6 Å². The molecular weight excluding hydrogens is 452 g/mol. The van der Waals surface area contributed by atoms with E-state index in [4.69, 9.17) is 13.9 Å². The number of carbonyl (C=O) groups is 2. The highest BCUT2D eigenvalue weighted by Crippen LogP contribution is 2.39. The van der Waals surface area contributed by atoms with E-state index in [0.717, 1.165) is 48.3 Å². The smallest absolute Gasteiger partial charge is 0.341 e. The third-order valence-corrected chi connectivity index (χ3v) is 6.30. The van der Waals surface area contributed by atoms with Crippen molar-refractivity contribution >= 4 is 28.2 Å². The number of nitrogens with one attached hydrogen (secondary N) is 1. The number of anilines is 1. The van der Waals surface area contributed by atoms with Gasteiger partial charge in [0.25, 0.3) is 5.91 Å². The van der Waals surface area contributed by atoms with Crippen LogP contribution in [0.2, 0.25) is 0 Å². The second-order valence-corrected chi connectivity index (χ2v) is 9.06. The van der Waals surface area contributed by atoms with Crippen LogP contribution in [0.5, 0.6) is 5.75 Å². The number of hydrogen-bond acceptors (Lipinski definition) is 6. The van der Waals surface area contributed by atoms with Crippen LogP contribution in [0.15, 0.2) is 34.7 Å². The maximum absolute atomic E-state index is 13.7. The highest BCUT2D eigenvalue weighted by molar-refractivity contribution is 7.17. The molecule has 1 aliphatic carbocycles. The number of esters is 1. The molecular formula is C24H23F2NO5S. The molecule has 0 saturated heterocycles. The molecule has 0 fully saturated rings. The standard InChI is InChI=1S/C24H23F2NO5S/c1-13(2)31-24(29)21-16-5-3-4-6-20(16)33-23(21)27-22(28)19-10-8-15(32-19)12-30-18-9-7-14(25)11-17(18)26/h7-11,13H,3-6,12H2,1-2H3,(H,27,28). The van der Waals surface area contributed by atoms with Crippen molar-refractivity contribution in [3.63, 3.8) is 0 Å². The van der Waals surface area contributed by atoms with E-state index in [1.165, 1.54) is 29.5 Å². The number of fused-ring (bicyclic) bond motifs is 1. The van der Waals surface area contributed by atoms with Gasteiger partial charge in [-0.1, -0.05) is 0 Å². The summed E-state index contributed by atoms with van der Waals surface area (Å²) < 4.78 is 43.0. The number of ether oxygens (including phenoxy) is 2. The summed E-state index contributed by atoms with van der Waals surface area (Å²) in [5.41, 5.74) is 1.36. The van der Waals surface area contributed by atoms with Crippen LogP contribution in [0.1, 0.15) is 63.8 Å². The van der Waals surface area contributed by atoms with Crippen molar-refractivity contribution in [3.05, 3.63) is 69.5 Å². The number of rotatable bonds is 7. The zero-order valence-corrected chi connectivity index (χ0v) is 19.0. The van der Waals surface area contributed by atoms with Gasteiger partial charge in [0.15, 0.2) is 17.3 Å². The van der Waals surface area contributed by atoms with Gasteiger partial charge in [0.2, 0.25) is 0 Å². The van der Waals surface area contributed by atoms with Gasteiger partial charge in [0.1, 0.15) is 23.2 Å². The predicted molar refractivity (Wildman–Crippen MR) is 119 cm³/mol. The number of thiophene rings is 1. The average molecular weight is 476 g/mol. The lowest BCUT2D eigenvalue weighted by atomic mass is 9.95. The predicted octanol–water partition coefficient (Wildman–Crippen LogP) is 5.89. The first-order valence-corrected chi connectivity index (χ1v) is 11.5. The van der Waals surface area contributed by atoms with Crippen molar-refractivity contribution in [1.82, 2.24) is 0 Å². The average Bonchev–Trinajstić information content (AvgIpc) is 3.37. The van der Waals surface area contributed by atoms with Crippen molar-refractivity contribution in [3.8, 4) is 5.75 Å². The highest BCUT2D eigenvalue weighted by atomic mass is 32.1. The molecule has 174 valence electrons. The monoisotopic (exact) mass is 475 g/mol. The van der Waals surface area contributed by atoms with E-state index >= 15 is 0 Å². The van der Waals surface area contributed by atoms with Crippen LogP contribution in [-0.2, 0) is 24.2 Å². The summed E-state index contributed by atoms with van der Waals surface area (Å²) in [6.07, 6.45) is 3.37. The molecule has 33 heavy (non-hydrogen) atoms. The van der Waals surface area contributed by atoms with Crippen LogP contribution >= 0.6 is 11.3 Å². The van der Waals surface area contributed by atoms with Crippen LogP contribution in [0.3, 0.4) is 0 Å². The van der Waals surface area contributed by atoms with Crippen LogP contribution in [0.25, 0.3) is 0 Å². The highest BCUT2D eigenvalue weighted by Gasteiger charge is 2.28. The molecule has 0 aliphatic heterocycles. The molecule has 0 bridgehead atoms. The van der Waals surface area contributed by atoms with Crippen molar-refractivity contribution < 1.29 is 32.3 Å². The van der Waals surface area contributed by atoms with Gasteiger partial charge < -0.3 is 19.2 Å². The van der Waals surface area contributed by atoms with Crippen LogP contribution in [0.4, 0.5) is 13.8 Å². The molecule has 2 aromatic heterocycles. The minimum atomic E-state index is -0.831. The van der Waals surface area contributed by atoms with Gasteiger partial charge in [-0.15, -0.1) is 11.3 Å². The Labute approximate surface area is 193 Å². The van der Waals surface area contributed by atoms with Crippen LogP contribution in [0, 0.1) is 11.6 Å². The molecule has 6 nitrogen and oxygen atoms in total. The summed E-state index contributed by atoms with van der Waals surface area (Å²) in [5.74, 6) is -2.33. The molecule has 4 rings (SSSR count). The molecule has 0 saturated carbocycles. The van der Waals surface area contributed by atoms with Crippen molar-refractivity contribution in [2.24, 2.45) is 0 Å². The van der Waals surface area contributed by atoms with Gasteiger partial charge in [-0.05, 0) is 69.4 Å². The number of benzene rings is 1. The Bertz CT molecular complexity index is 1180. The topological polar surface area (TPSA) is 77.8 Å². The summed E-state index contributed by atoms with van der Waals surface area (Å²) in [6.45, 7) is 3.41. The molecule has 9 heteroatoms. The fraction of sp³-hybridized carbons (Fsp3) is 0.333. The fourth-order valence-corrected chi connectivity index (χ4v) is 4.90. The van der Waals surface area contributed by atoms with Crippen LogP contribution < -0.4 is 10.1 Å². The number of halogens is 2. The molecule has 1 aromatic carbocycles. The largest absolute Gasteiger partial charge is 0.483 e. The molecule has 0 radical (unpaired) electrons. The van der Waals surface area contributed by atoms with Gasteiger partial charge in [-0.2, -0.15) is 0 Å². The van der Waals surface area contributed by atoms with Crippen molar-refractivity contribution in [1.29, 1.82) is 0 Å². The summed E-state index contributed by atoms with van der Waals surface area (Å²) in [7, 11) is 0. The van der Waals surface area contributed by atoms with E-state index in [1.54, 1.807) is 13.8 Å². The van der Waals surface area contributed by atoms with E-state index in [9.17, 15) is 18.4 Å². The number of aryl methyl sites for hydroxylation is 1. The Hall–Kier alpha value is -3.20. The Kier molecular flexibility index (Phi) is 6.78. The lowest BCUT2D eigenvalue weighted by molar-refractivity contribution is 0.0378. The quantitative estimate of drug-likeness (QED) is 0.431. The van der Waals surface area contributed by atoms with E-state index in [1.807, 2.05) is 0 Å². The maximum atomic E-state index is 13.7. The molecule has 2 heterocycles. The van der Waals surface area contributed by atoms with Gasteiger partial charge >= 0.3 is 5.97 Å². The molecule has 0 unspecified atom stereocenters. The molecule has 0 spiro atoms. The van der Waals surface area contributed by atoms with Gasteiger partial charge in [-0.3, -0.25) is 4.79 Å². The second-order valence-electron chi connectivity index (χ2n) is 7.95. The molecule has 0 atom stereocenters. The first-order chi connectivity index (χ1) is 15.8. The Morgan fingerprint density at radius 3 is 2.70 bits per heavy atom. The third kappa shape index (κ3) is 5.24. The lowest BCUT2D eigenvalue weighted by Gasteiger charge is -2.14. The maximum Gasteiger partial charge on any atom is 0.341 e. The second kappa shape index (κ2) is 9.74. The van der Waals surface area contributed by atoms with E-state index in [2.05, 4.69) is 5.32 Å². The number of furan rings is 1. The third-order valence-electron chi connectivity index (χ3n) is 5.09. The molecule has 3 aromatic rings. The van der Waals surface area contributed by atoms with E-state index in [-0.39, 0.29) is 30.0 Å². The summed E-state index contributed by atoms with van der Waals surface area (Å²) in [5, 5.41) is 3.23. The fourth-order valence-electron chi connectivity index (χ4n) is 3.63. The normalized spacial score (nSPS) is 13.0. The zero-order chi connectivity index (χ0) is 23.5. The molecule has 1 amide bonds. The Morgan fingerprint density at radius 2 is 1.94 bits per heavy atom. The summed E-state index contributed by atoms with van der Waals surface area (Å²) in [4.78, 5) is 26.6. The Balaban J connectivity index is 1.48. The summed E-state index contributed by atoms with van der Waals surface area (Å²) >= 11 is 1.39. The minimum Gasteiger partial charge on any atom is -0.483 e. The lowest BCUT2D eigenvalue weighted by Crippen LogP contribution is -2.17. The summed E-state index contributed by atoms with van der Waals surface area (Å²) in [6, 6.07) is 5.98. The van der Waals surface area contributed by atoms with Crippen molar-refractivity contribution in [2.45, 2.75) is 52.2 Å². The minimum absolute atomic E-state index is 0.0164. The zero-order valence-electron chi connectivity index (χ0n) is 18.2. The molecule has 1 N–H and O–H groups in total. The first kappa shape index (κ1) is 23.0. The number of amides is 1. The van der Waals surface area contributed by atoms with Crippen LogP contribution in [-0.4, -0.2) is 18.0 Å². The SMILES string of the molecule is CC(C)OC(=O)c1c(NC(=O)c2ccc(COc3ccc(F)cc3F)o2)sc2c1CCCC2. The van der Waals surface area contributed by atoms with Crippen molar-refractivity contribution in [2.75, 3.05) is 5.32 Å². The number of carbonyl (C=O) groups excluding carboxylic acids is 2.